The van der Waals surface area contributed by atoms with E-state index in [0.717, 1.165) is 5.56 Å². The number of fused-ring (bicyclic) bond motifs is 1. The largest absolute Gasteiger partial charge is 0.486 e. The Hall–Kier alpha value is -1.71. The maximum Gasteiger partial charge on any atom is 0.228 e. The van der Waals surface area contributed by atoms with Gasteiger partial charge in [-0.15, -0.1) is 0 Å². The van der Waals surface area contributed by atoms with Gasteiger partial charge in [0.05, 0.1) is 17.8 Å². The first-order valence-corrected chi connectivity index (χ1v) is 4.93. The number of amides is 1. The number of hydrogen-bond donors (Lipinski definition) is 2. The Morgan fingerprint density at radius 2 is 2.27 bits per heavy atom. The molecular formula is C11H14N2O2. The van der Waals surface area contributed by atoms with Crippen molar-refractivity contribution in [3.05, 3.63) is 17.7 Å². The first kappa shape index (κ1) is 9.83. The third-order valence-electron chi connectivity index (χ3n) is 2.33. The van der Waals surface area contributed by atoms with Crippen LogP contribution in [0.15, 0.2) is 12.1 Å². The van der Waals surface area contributed by atoms with Gasteiger partial charge >= 0.3 is 0 Å². The molecule has 1 aromatic carbocycles. The number of carbonyl (C=O) groups excluding carboxylic acids is 1. The van der Waals surface area contributed by atoms with E-state index in [0.29, 0.717) is 23.5 Å². The van der Waals surface area contributed by atoms with Gasteiger partial charge < -0.3 is 15.8 Å². The third kappa shape index (κ3) is 1.88. The summed E-state index contributed by atoms with van der Waals surface area (Å²) in [6, 6.07) is 3.70. The van der Waals surface area contributed by atoms with Gasteiger partial charge in [0.2, 0.25) is 5.91 Å². The predicted molar refractivity (Wildman–Crippen MR) is 58.9 cm³/mol. The normalized spacial score (nSPS) is 19.9. The molecule has 0 aliphatic carbocycles. The fourth-order valence-electron chi connectivity index (χ4n) is 1.73. The minimum absolute atomic E-state index is 0.0359. The standard InChI is InChI=1S/C11H14N2O2/c1-6-3-8(12)11-9(4-6)13-10(14)5-7(2)15-11/h3-4,7H,5,12H2,1-2H3,(H,13,14). The second-order valence-corrected chi connectivity index (χ2v) is 3.91. The summed E-state index contributed by atoms with van der Waals surface area (Å²) in [5.74, 6) is 0.546. The van der Waals surface area contributed by atoms with Gasteiger partial charge in [-0.1, -0.05) is 0 Å². The minimum Gasteiger partial charge on any atom is -0.486 e. The van der Waals surface area contributed by atoms with Gasteiger partial charge in [-0.3, -0.25) is 4.79 Å². The summed E-state index contributed by atoms with van der Waals surface area (Å²) in [6.07, 6.45) is 0.212. The fourth-order valence-corrected chi connectivity index (χ4v) is 1.73. The summed E-state index contributed by atoms with van der Waals surface area (Å²) in [6.45, 7) is 3.78. The van der Waals surface area contributed by atoms with Crippen molar-refractivity contribution in [2.24, 2.45) is 0 Å². The lowest BCUT2D eigenvalue weighted by molar-refractivity contribution is -0.117. The lowest BCUT2D eigenvalue weighted by Gasteiger charge is -2.14. The molecule has 4 nitrogen and oxygen atoms in total. The van der Waals surface area contributed by atoms with Crippen molar-refractivity contribution < 1.29 is 9.53 Å². The number of aryl methyl sites for hydroxylation is 1. The van der Waals surface area contributed by atoms with Gasteiger partial charge in [0, 0.05) is 0 Å². The van der Waals surface area contributed by atoms with E-state index in [1.807, 2.05) is 26.0 Å². The van der Waals surface area contributed by atoms with E-state index in [9.17, 15) is 4.79 Å². The van der Waals surface area contributed by atoms with Crippen LogP contribution in [0.1, 0.15) is 18.9 Å². The van der Waals surface area contributed by atoms with Gasteiger partial charge in [0.25, 0.3) is 0 Å². The van der Waals surface area contributed by atoms with Crippen molar-refractivity contribution >= 4 is 17.3 Å². The average Bonchev–Trinajstić information content (AvgIpc) is 2.22. The summed E-state index contributed by atoms with van der Waals surface area (Å²) >= 11 is 0. The van der Waals surface area contributed by atoms with Crippen LogP contribution >= 0.6 is 0 Å². The van der Waals surface area contributed by atoms with E-state index in [-0.39, 0.29) is 12.0 Å². The van der Waals surface area contributed by atoms with Crippen LogP contribution in [-0.4, -0.2) is 12.0 Å². The molecule has 3 N–H and O–H groups in total. The van der Waals surface area contributed by atoms with Gasteiger partial charge in [0.1, 0.15) is 6.10 Å². The number of nitrogens with two attached hydrogens (primary N) is 1. The molecule has 2 rings (SSSR count). The van der Waals surface area contributed by atoms with Gasteiger partial charge in [0.15, 0.2) is 5.75 Å². The molecule has 0 saturated heterocycles. The average molecular weight is 206 g/mol. The Morgan fingerprint density at radius 3 is 3.00 bits per heavy atom. The third-order valence-corrected chi connectivity index (χ3v) is 2.33. The molecule has 1 atom stereocenters. The topological polar surface area (TPSA) is 64.3 Å². The summed E-state index contributed by atoms with van der Waals surface area (Å²) in [5, 5.41) is 2.79. The molecule has 0 aromatic heterocycles. The Morgan fingerprint density at radius 1 is 1.53 bits per heavy atom. The van der Waals surface area contributed by atoms with E-state index in [1.54, 1.807) is 0 Å². The fraction of sp³-hybridized carbons (Fsp3) is 0.364. The van der Waals surface area contributed by atoms with E-state index in [1.165, 1.54) is 0 Å². The molecule has 4 heteroatoms. The van der Waals surface area contributed by atoms with Gasteiger partial charge in [-0.25, -0.2) is 0 Å². The highest BCUT2D eigenvalue weighted by Gasteiger charge is 2.21. The van der Waals surface area contributed by atoms with Crippen LogP contribution in [0, 0.1) is 6.92 Å². The van der Waals surface area contributed by atoms with E-state index < -0.39 is 0 Å². The first-order chi connectivity index (χ1) is 7.06. The highest BCUT2D eigenvalue weighted by molar-refractivity contribution is 5.94. The molecular weight excluding hydrogens is 192 g/mol. The molecule has 1 unspecified atom stereocenters. The van der Waals surface area contributed by atoms with Crippen LogP contribution in [0.2, 0.25) is 0 Å². The number of nitrogens with one attached hydrogen (secondary N) is 1. The molecule has 15 heavy (non-hydrogen) atoms. The number of rotatable bonds is 0. The van der Waals surface area contributed by atoms with Crippen molar-refractivity contribution in [3.63, 3.8) is 0 Å². The zero-order chi connectivity index (χ0) is 11.0. The predicted octanol–water partition coefficient (Wildman–Crippen LogP) is 1.69. The summed E-state index contributed by atoms with van der Waals surface area (Å²) in [5.41, 5.74) is 8.08. The maximum atomic E-state index is 11.4. The molecule has 0 spiro atoms. The Labute approximate surface area is 88.4 Å². The van der Waals surface area contributed by atoms with Crippen molar-refractivity contribution in [2.45, 2.75) is 26.4 Å². The van der Waals surface area contributed by atoms with Gasteiger partial charge in [-0.2, -0.15) is 0 Å². The van der Waals surface area contributed by atoms with Crippen LogP contribution in [0.25, 0.3) is 0 Å². The molecule has 1 amide bonds. The van der Waals surface area contributed by atoms with Crippen molar-refractivity contribution in [1.82, 2.24) is 0 Å². The van der Waals surface area contributed by atoms with E-state index >= 15 is 0 Å². The zero-order valence-corrected chi connectivity index (χ0v) is 8.83. The number of ether oxygens (including phenoxy) is 1. The number of anilines is 2. The molecule has 80 valence electrons. The number of nitrogen functional groups attached to an aromatic ring is 1. The summed E-state index contributed by atoms with van der Waals surface area (Å²) in [4.78, 5) is 11.4. The highest BCUT2D eigenvalue weighted by atomic mass is 16.5. The van der Waals surface area contributed by atoms with Gasteiger partial charge in [-0.05, 0) is 31.5 Å². The van der Waals surface area contributed by atoms with Crippen molar-refractivity contribution in [3.8, 4) is 5.75 Å². The SMILES string of the molecule is Cc1cc(N)c2c(c1)NC(=O)CC(C)O2. The summed E-state index contributed by atoms with van der Waals surface area (Å²) in [7, 11) is 0. The molecule has 1 aromatic rings. The summed E-state index contributed by atoms with van der Waals surface area (Å²) < 4.78 is 5.60. The van der Waals surface area contributed by atoms with E-state index in [2.05, 4.69) is 5.32 Å². The molecule has 1 aliphatic heterocycles. The number of benzene rings is 1. The lowest BCUT2D eigenvalue weighted by Crippen LogP contribution is -2.17. The smallest absolute Gasteiger partial charge is 0.228 e. The lowest BCUT2D eigenvalue weighted by atomic mass is 10.2. The van der Waals surface area contributed by atoms with Crippen LogP contribution in [0.3, 0.4) is 0 Å². The second-order valence-electron chi connectivity index (χ2n) is 3.91. The molecule has 0 fully saturated rings. The van der Waals surface area contributed by atoms with Crippen LogP contribution in [0.5, 0.6) is 5.75 Å². The number of carbonyl (C=O) groups is 1. The van der Waals surface area contributed by atoms with Crippen molar-refractivity contribution in [2.75, 3.05) is 11.1 Å². The zero-order valence-electron chi connectivity index (χ0n) is 8.83. The van der Waals surface area contributed by atoms with Crippen LogP contribution in [-0.2, 0) is 4.79 Å². The molecule has 1 heterocycles. The highest BCUT2D eigenvalue weighted by Crippen LogP contribution is 2.35. The quantitative estimate of drug-likeness (QED) is 0.635. The van der Waals surface area contributed by atoms with E-state index in [4.69, 9.17) is 10.5 Å². The molecule has 1 aliphatic rings. The molecule has 0 bridgehead atoms. The Kier molecular flexibility index (Phi) is 2.26. The monoisotopic (exact) mass is 206 g/mol. The maximum absolute atomic E-state index is 11.4. The Balaban J connectivity index is 2.50. The second kappa shape index (κ2) is 3.46. The number of hydrogen-bond acceptors (Lipinski definition) is 3. The Bertz CT molecular complexity index is 415. The first-order valence-electron chi connectivity index (χ1n) is 4.93. The van der Waals surface area contributed by atoms with Crippen LogP contribution in [0.4, 0.5) is 11.4 Å². The minimum atomic E-state index is -0.142. The van der Waals surface area contributed by atoms with Crippen molar-refractivity contribution in [1.29, 1.82) is 0 Å². The molecule has 0 saturated carbocycles. The van der Waals surface area contributed by atoms with Crippen LogP contribution < -0.4 is 15.8 Å². The molecule has 0 radical (unpaired) electrons.